The lowest BCUT2D eigenvalue weighted by Gasteiger charge is -2.18. The molecule has 24 heavy (non-hydrogen) atoms. The molecule has 2 fully saturated rings. The van der Waals surface area contributed by atoms with Crippen LogP contribution in [0.4, 0.5) is 0 Å². The Kier molecular flexibility index (Phi) is 6.85. The van der Waals surface area contributed by atoms with Crippen molar-refractivity contribution < 1.29 is 0 Å². The van der Waals surface area contributed by atoms with Gasteiger partial charge in [0.05, 0.1) is 0 Å². The molecule has 128 valence electrons. The summed E-state index contributed by atoms with van der Waals surface area (Å²) in [4.78, 5) is 0. The van der Waals surface area contributed by atoms with Gasteiger partial charge in [0.1, 0.15) is 0 Å². The molecule has 0 radical (unpaired) electrons. The molecule has 2 aliphatic rings. The third-order valence-electron chi connectivity index (χ3n) is 5.46. The van der Waals surface area contributed by atoms with Gasteiger partial charge in [0.2, 0.25) is 0 Å². The molecule has 0 spiro atoms. The standard InChI is InChI=1S/C24H32/c1-6-11-20(12-7-2)22(15-9-13-18(4)8-3)24-19(5)17-21-14-10-16-23(21)24/h6-9,11-13,15,19,21,23H,1,3,10,14,16-17H2,2,4-5H3/b12-7-,15-9+,18-13-,20-11+,24-22+. The van der Waals surface area contributed by atoms with Crippen molar-refractivity contribution in [1.29, 1.82) is 0 Å². The van der Waals surface area contributed by atoms with Gasteiger partial charge in [-0.3, -0.25) is 0 Å². The number of hydrogen-bond donors (Lipinski definition) is 0. The van der Waals surface area contributed by atoms with Gasteiger partial charge in [-0.05, 0) is 62.0 Å². The quantitative estimate of drug-likeness (QED) is 0.457. The van der Waals surface area contributed by atoms with E-state index in [1.54, 1.807) is 5.57 Å². The van der Waals surface area contributed by atoms with Crippen LogP contribution in [0.25, 0.3) is 0 Å². The van der Waals surface area contributed by atoms with E-state index < -0.39 is 0 Å². The van der Waals surface area contributed by atoms with E-state index in [1.165, 1.54) is 42.4 Å². The van der Waals surface area contributed by atoms with Crippen LogP contribution in [0, 0.1) is 17.8 Å². The molecule has 3 atom stereocenters. The first kappa shape index (κ1) is 18.5. The summed E-state index contributed by atoms with van der Waals surface area (Å²) in [7, 11) is 0. The Morgan fingerprint density at radius 3 is 2.58 bits per heavy atom. The lowest BCUT2D eigenvalue weighted by Crippen LogP contribution is -2.05. The number of allylic oxidation sites excluding steroid dienone is 12. The lowest BCUT2D eigenvalue weighted by atomic mass is 9.86. The third-order valence-corrected chi connectivity index (χ3v) is 5.46. The molecular weight excluding hydrogens is 288 g/mol. The van der Waals surface area contributed by atoms with Crippen LogP contribution in [0.3, 0.4) is 0 Å². The second-order valence-corrected chi connectivity index (χ2v) is 7.13. The number of fused-ring (bicyclic) bond motifs is 1. The lowest BCUT2D eigenvalue weighted by molar-refractivity contribution is 0.475. The van der Waals surface area contributed by atoms with E-state index >= 15 is 0 Å². The summed E-state index contributed by atoms with van der Waals surface area (Å²) in [6.07, 6.45) is 22.4. The van der Waals surface area contributed by atoms with Gasteiger partial charge in [-0.25, -0.2) is 0 Å². The largest absolute Gasteiger partial charge is 0.0990 e. The first-order valence-corrected chi connectivity index (χ1v) is 9.29. The maximum absolute atomic E-state index is 3.92. The van der Waals surface area contributed by atoms with Crippen molar-refractivity contribution in [3.05, 3.63) is 84.1 Å². The Hall–Kier alpha value is -1.82. The molecule has 2 aliphatic carbocycles. The maximum Gasteiger partial charge on any atom is -0.0163 e. The van der Waals surface area contributed by atoms with Crippen molar-refractivity contribution in [2.45, 2.75) is 46.5 Å². The topological polar surface area (TPSA) is 0 Å². The SMILES string of the molecule is C=C/C=C(\C=C/C)C(/C=C/C=C(/C)C=C)=C1\C(C)CC2CCCC12. The van der Waals surface area contributed by atoms with E-state index in [-0.39, 0.29) is 0 Å². The summed E-state index contributed by atoms with van der Waals surface area (Å²) < 4.78 is 0. The van der Waals surface area contributed by atoms with Crippen molar-refractivity contribution in [3.63, 3.8) is 0 Å². The average molecular weight is 321 g/mol. The highest BCUT2D eigenvalue weighted by molar-refractivity contribution is 5.53. The summed E-state index contributed by atoms with van der Waals surface area (Å²) in [6.45, 7) is 14.3. The fourth-order valence-corrected chi connectivity index (χ4v) is 4.41. The predicted octanol–water partition coefficient (Wildman–Crippen LogP) is 7.12. The van der Waals surface area contributed by atoms with E-state index in [2.05, 4.69) is 70.4 Å². The van der Waals surface area contributed by atoms with E-state index in [0.717, 1.165) is 11.8 Å². The fourth-order valence-electron chi connectivity index (χ4n) is 4.41. The minimum atomic E-state index is 0.683. The van der Waals surface area contributed by atoms with Crippen LogP contribution in [-0.2, 0) is 0 Å². The van der Waals surface area contributed by atoms with Gasteiger partial charge in [0, 0.05) is 0 Å². The molecule has 0 amide bonds. The molecule has 3 unspecified atom stereocenters. The van der Waals surface area contributed by atoms with Crippen LogP contribution in [0.2, 0.25) is 0 Å². The molecule has 2 rings (SSSR count). The smallest absolute Gasteiger partial charge is 0.0163 e. The number of rotatable bonds is 6. The molecule has 0 bridgehead atoms. The molecule has 0 aromatic heterocycles. The van der Waals surface area contributed by atoms with Crippen LogP contribution in [0.5, 0.6) is 0 Å². The fraction of sp³-hybridized carbons (Fsp3) is 0.417. The van der Waals surface area contributed by atoms with Gasteiger partial charge >= 0.3 is 0 Å². The summed E-state index contributed by atoms with van der Waals surface area (Å²) in [5.74, 6) is 2.37. The van der Waals surface area contributed by atoms with Crippen LogP contribution in [0.15, 0.2) is 84.1 Å². The van der Waals surface area contributed by atoms with E-state index in [4.69, 9.17) is 0 Å². The zero-order chi connectivity index (χ0) is 17.5. The normalized spacial score (nSPS) is 30.2. The van der Waals surface area contributed by atoms with Gasteiger partial charge in [-0.1, -0.05) is 86.3 Å². The van der Waals surface area contributed by atoms with Gasteiger partial charge in [-0.15, -0.1) is 0 Å². The first-order valence-electron chi connectivity index (χ1n) is 9.29. The molecule has 0 nitrogen and oxygen atoms in total. The molecule has 0 saturated heterocycles. The number of hydrogen-bond acceptors (Lipinski definition) is 0. The second-order valence-electron chi connectivity index (χ2n) is 7.13. The Morgan fingerprint density at radius 1 is 1.12 bits per heavy atom. The van der Waals surface area contributed by atoms with Crippen molar-refractivity contribution in [3.8, 4) is 0 Å². The predicted molar refractivity (Wildman–Crippen MR) is 108 cm³/mol. The maximum atomic E-state index is 3.92. The molecule has 0 aromatic rings. The summed E-state index contributed by atoms with van der Waals surface area (Å²) in [5, 5.41) is 0. The molecular formula is C24H32. The van der Waals surface area contributed by atoms with Crippen LogP contribution in [-0.4, -0.2) is 0 Å². The van der Waals surface area contributed by atoms with Crippen molar-refractivity contribution >= 4 is 0 Å². The van der Waals surface area contributed by atoms with E-state index in [1.807, 2.05) is 12.2 Å². The molecule has 2 saturated carbocycles. The molecule has 0 heteroatoms. The van der Waals surface area contributed by atoms with Crippen molar-refractivity contribution in [1.82, 2.24) is 0 Å². The highest BCUT2D eigenvalue weighted by Crippen LogP contribution is 2.52. The minimum Gasteiger partial charge on any atom is -0.0990 e. The minimum absolute atomic E-state index is 0.683. The second kappa shape index (κ2) is 8.87. The first-order chi connectivity index (χ1) is 11.6. The van der Waals surface area contributed by atoms with Gasteiger partial charge in [-0.2, -0.15) is 0 Å². The van der Waals surface area contributed by atoms with Gasteiger partial charge < -0.3 is 0 Å². The van der Waals surface area contributed by atoms with Gasteiger partial charge in [0.15, 0.2) is 0 Å². The zero-order valence-electron chi connectivity index (χ0n) is 15.6. The Labute approximate surface area is 148 Å². The Bertz CT molecular complexity index is 618. The summed E-state index contributed by atoms with van der Waals surface area (Å²) in [6, 6.07) is 0. The molecule has 0 aromatic carbocycles. The van der Waals surface area contributed by atoms with Gasteiger partial charge in [0.25, 0.3) is 0 Å². The molecule has 0 N–H and O–H groups in total. The molecule has 0 aliphatic heterocycles. The van der Waals surface area contributed by atoms with E-state index in [0.29, 0.717) is 5.92 Å². The Balaban J connectivity index is 2.53. The van der Waals surface area contributed by atoms with Crippen molar-refractivity contribution in [2.24, 2.45) is 17.8 Å². The monoisotopic (exact) mass is 320 g/mol. The van der Waals surface area contributed by atoms with Crippen LogP contribution < -0.4 is 0 Å². The van der Waals surface area contributed by atoms with E-state index in [9.17, 15) is 0 Å². The van der Waals surface area contributed by atoms with Crippen molar-refractivity contribution in [2.75, 3.05) is 0 Å². The summed E-state index contributed by atoms with van der Waals surface area (Å²) in [5.41, 5.74) is 5.55. The average Bonchev–Trinajstić information content (AvgIpc) is 3.12. The highest BCUT2D eigenvalue weighted by Gasteiger charge is 2.40. The summed E-state index contributed by atoms with van der Waals surface area (Å²) >= 11 is 0. The molecule has 0 heterocycles. The Morgan fingerprint density at radius 2 is 1.92 bits per heavy atom. The highest BCUT2D eigenvalue weighted by atomic mass is 14.4. The third kappa shape index (κ3) is 4.17. The van der Waals surface area contributed by atoms with Crippen LogP contribution in [0.1, 0.15) is 46.5 Å². The van der Waals surface area contributed by atoms with Crippen LogP contribution >= 0.6 is 0 Å². The zero-order valence-corrected chi connectivity index (χ0v) is 15.6.